The van der Waals surface area contributed by atoms with Gasteiger partial charge in [-0.05, 0) is 54.6 Å². The summed E-state index contributed by atoms with van der Waals surface area (Å²) >= 11 is 11.7. The first kappa shape index (κ1) is 24.5. The lowest BCUT2D eigenvalue weighted by molar-refractivity contribution is -0.116. The first-order valence-electron chi connectivity index (χ1n) is 10.2. The van der Waals surface area contributed by atoms with Crippen molar-refractivity contribution in [2.45, 2.75) is 17.9 Å². The molecule has 4 aromatic rings. The maximum atomic E-state index is 12.6. The molecule has 0 aliphatic carbocycles. The summed E-state index contributed by atoms with van der Waals surface area (Å²) in [4.78, 5) is 38.8. The minimum atomic E-state index is -3.89. The van der Waals surface area contributed by atoms with Crippen LogP contribution in [-0.2, 0) is 21.4 Å². The Morgan fingerprint density at radius 3 is 2.31 bits per heavy atom. The molecular weight excluding hydrogens is 515 g/mol. The zero-order chi connectivity index (χ0) is 25.2. The van der Waals surface area contributed by atoms with Gasteiger partial charge in [-0.3, -0.25) is 23.9 Å². The highest BCUT2D eigenvalue weighted by Crippen LogP contribution is 2.26. The molecule has 35 heavy (non-hydrogen) atoms. The summed E-state index contributed by atoms with van der Waals surface area (Å²) in [6, 6.07) is 16.7. The molecular formula is C23H18Cl2N4O5S. The van der Waals surface area contributed by atoms with E-state index < -0.39 is 21.3 Å². The van der Waals surface area contributed by atoms with Crippen LogP contribution in [0.15, 0.2) is 81.2 Å². The molecule has 0 aliphatic heterocycles. The first-order valence-corrected chi connectivity index (χ1v) is 12.5. The van der Waals surface area contributed by atoms with Crippen LogP contribution in [0.3, 0.4) is 0 Å². The molecule has 0 saturated carbocycles. The number of halogens is 2. The Morgan fingerprint density at radius 2 is 1.60 bits per heavy atom. The van der Waals surface area contributed by atoms with Gasteiger partial charge in [-0.1, -0.05) is 35.3 Å². The van der Waals surface area contributed by atoms with Crippen molar-refractivity contribution in [1.82, 2.24) is 9.55 Å². The highest BCUT2D eigenvalue weighted by Gasteiger charge is 2.16. The van der Waals surface area contributed by atoms with E-state index in [1.807, 2.05) is 0 Å². The van der Waals surface area contributed by atoms with Crippen LogP contribution in [0.25, 0.3) is 10.9 Å². The highest BCUT2D eigenvalue weighted by atomic mass is 35.5. The number of para-hydroxylation sites is 1. The second-order valence-corrected chi connectivity index (χ2v) is 9.98. The molecule has 1 aromatic heterocycles. The normalized spacial score (nSPS) is 11.4. The smallest absolute Gasteiger partial charge is 0.326 e. The zero-order valence-corrected chi connectivity index (χ0v) is 20.2. The van der Waals surface area contributed by atoms with Crippen LogP contribution in [0, 0.1) is 0 Å². The van der Waals surface area contributed by atoms with Crippen molar-refractivity contribution in [3.63, 3.8) is 0 Å². The number of aromatic nitrogens is 2. The number of benzene rings is 3. The van der Waals surface area contributed by atoms with Crippen molar-refractivity contribution in [1.29, 1.82) is 0 Å². The quantitative estimate of drug-likeness (QED) is 0.333. The van der Waals surface area contributed by atoms with E-state index in [9.17, 15) is 22.8 Å². The Kier molecular flexibility index (Phi) is 6.97. The number of amides is 1. The number of hydrogen-bond donors (Lipinski definition) is 3. The second-order valence-electron chi connectivity index (χ2n) is 7.49. The van der Waals surface area contributed by atoms with Crippen LogP contribution in [0.4, 0.5) is 11.4 Å². The van der Waals surface area contributed by atoms with E-state index >= 15 is 0 Å². The summed E-state index contributed by atoms with van der Waals surface area (Å²) in [7, 11) is -3.89. The predicted octanol–water partition coefficient (Wildman–Crippen LogP) is 3.83. The molecule has 1 heterocycles. The lowest BCUT2D eigenvalue weighted by Crippen LogP contribution is -2.31. The summed E-state index contributed by atoms with van der Waals surface area (Å²) < 4.78 is 28.9. The van der Waals surface area contributed by atoms with Crippen molar-refractivity contribution in [2.24, 2.45) is 0 Å². The standard InChI is InChI=1S/C23H18Cl2N4O5S/c24-18-10-9-16(13-19(18)25)35(33,34)28-15-7-5-14(6-8-15)26-21(30)11-12-29-20-4-2-1-3-17(20)22(31)27-23(29)32/h1-10,13,28H,11-12H2,(H,26,30)(H,27,31,32). The number of carbonyl (C=O) groups is 1. The molecule has 12 heteroatoms. The van der Waals surface area contributed by atoms with Gasteiger partial charge in [0.2, 0.25) is 5.91 Å². The number of nitrogens with zero attached hydrogens (tertiary/aromatic N) is 1. The first-order chi connectivity index (χ1) is 16.6. The molecule has 1 amide bonds. The predicted molar refractivity (Wildman–Crippen MR) is 136 cm³/mol. The molecule has 3 N–H and O–H groups in total. The number of sulfonamides is 1. The number of aryl methyl sites for hydroxylation is 1. The van der Waals surface area contributed by atoms with Crippen molar-refractivity contribution in [3.8, 4) is 0 Å². The van der Waals surface area contributed by atoms with E-state index in [1.165, 1.54) is 47.0 Å². The van der Waals surface area contributed by atoms with Crippen LogP contribution in [0.5, 0.6) is 0 Å². The van der Waals surface area contributed by atoms with E-state index in [0.717, 1.165) is 0 Å². The lowest BCUT2D eigenvalue weighted by atomic mass is 10.2. The second kappa shape index (κ2) is 9.95. The molecule has 0 bridgehead atoms. The Hall–Kier alpha value is -3.60. The SMILES string of the molecule is O=C(CCn1c(=O)[nH]c(=O)c2ccccc21)Nc1ccc(NS(=O)(=O)c2ccc(Cl)c(Cl)c2)cc1. The molecule has 4 rings (SSSR count). The molecule has 0 saturated heterocycles. The van der Waals surface area contributed by atoms with Crippen molar-refractivity contribution >= 4 is 61.4 Å². The van der Waals surface area contributed by atoms with Crippen LogP contribution in [0.2, 0.25) is 10.0 Å². The monoisotopic (exact) mass is 532 g/mol. The molecule has 0 spiro atoms. The highest BCUT2D eigenvalue weighted by molar-refractivity contribution is 7.92. The van der Waals surface area contributed by atoms with Gasteiger partial charge in [0.1, 0.15) is 0 Å². The molecule has 0 fully saturated rings. The van der Waals surface area contributed by atoms with Crippen molar-refractivity contribution in [2.75, 3.05) is 10.0 Å². The van der Waals surface area contributed by atoms with Gasteiger partial charge in [-0.25, -0.2) is 13.2 Å². The Morgan fingerprint density at radius 1 is 0.914 bits per heavy atom. The molecule has 180 valence electrons. The lowest BCUT2D eigenvalue weighted by Gasteiger charge is -2.11. The zero-order valence-electron chi connectivity index (χ0n) is 17.9. The number of carbonyl (C=O) groups excluding carboxylic acids is 1. The Balaban J connectivity index is 1.41. The number of rotatable bonds is 7. The van der Waals surface area contributed by atoms with E-state index in [0.29, 0.717) is 16.6 Å². The number of H-pyrrole nitrogens is 1. The summed E-state index contributed by atoms with van der Waals surface area (Å²) in [6.07, 6.45) is -0.0261. The van der Waals surface area contributed by atoms with Gasteiger partial charge in [0, 0.05) is 24.3 Å². The minimum absolute atomic E-state index is 0.0261. The number of fused-ring (bicyclic) bond motifs is 1. The van der Waals surface area contributed by atoms with Gasteiger partial charge < -0.3 is 5.32 Å². The fourth-order valence-corrected chi connectivity index (χ4v) is 4.83. The van der Waals surface area contributed by atoms with E-state index in [4.69, 9.17) is 23.2 Å². The summed E-state index contributed by atoms with van der Waals surface area (Å²) in [5, 5.41) is 3.40. The Bertz CT molecular complexity index is 1650. The fourth-order valence-electron chi connectivity index (χ4n) is 3.38. The van der Waals surface area contributed by atoms with Crippen LogP contribution in [0.1, 0.15) is 6.42 Å². The van der Waals surface area contributed by atoms with Crippen LogP contribution in [-0.4, -0.2) is 23.9 Å². The number of anilines is 2. The summed E-state index contributed by atoms with van der Waals surface area (Å²) in [5.74, 6) is -0.365. The van der Waals surface area contributed by atoms with Gasteiger partial charge in [-0.15, -0.1) is 0 Å². The number of hydrogen-bond acceptors (Lipinski definition) is 5. The fraction of sp³-hybridized carbons (Fsp3) is 0.0870. The molecule has 0 radical (unpaired) electrons. The number of nitrogens with one attached hydrogen (secondary N) is 3. The summed E-state index contributed by atoms with van der Waals surface area (Å²) in [5.41, 5.74) is 0.0699. The third kappa shape index (κ3) is 5.56. The maximum Gasteiger partial charge on any atom is 0.328 e. The van der Waals surface area contributed by atoms with Crippen molar-refractivity contribution in [3.05, 3.63) is 97.6 Å². The third-order valence-corrected chi connectivity index (χ3v) is 7.21. The average Bonchev–Trinajstić information content (AvgIpc) is 2.81. The number of aromatic amines is 1. The van der Waals surface area contributed by atoms with Gasteiger partial charge in [0.25, 0.3) is 15.6 Å². The largest absolute Gasteiger partial charge is 0.328 e. The van der Waals surface area contributed by atoms with Gasteiger partial charge >= 0.3 is 5.69 Å². The minimum Gasteiger partial charge on any atom is -0.326 e. The molecule has 0 unspecified atom stereocenters. The van der Waals surface area contributed by atoms with Crippen molar-refractivity contribution < 1.29 is 13.2 Å². The van der Waals surface area contributed by atoms with Gasteiger partial charge in [-0.2, -0.15) is 0 Å². The Labute approximate surface area is 209 Å². The van der Waals surface area contributed by atoms with E-state index in [2.05, 4.69) is 15.0 Å². The van der Waals surface area contributed by atoms with Crippen LogP contribution < -0.4 is 21.3 Å². The van der Waals surface area contributed by atoms with Gasteiger partial charge in [0.15, 0.2) is 0 Å². The molecule has 0 atom stereocenters. The molecule has 9 nitrogen and oxygen atoms in total. The van der Waals surface area contributed by atoms with E-state index in [-0.39, 0.29) is 39.5 Å². The third-order valence-electron chi connectivity index (χ3n) is 5.09. The average molecular weight is 533 g/mol. The van der Waals surface area contributed by atoms with Crippen LogP contribution >= 0.6 is 23.2 Å². The van der Waals surface area contributed by atoms with E-state index in [1.54, 1.807) is 24.3 Å². The summed E-state index contributed by atoms with van der Waals surface area (Å²) in [6.45, 7) is 0.0590. The maximum absolute atomic E-state index is 12.6. The topological polar surface area (TPSA) is 130 Å². The van der Waals surface area contributed by atoms with Gasteiger partial charge in [0.05, 0.1) is 25.8 Å². The molecule has 0 aliphatic rings. The molecule has 3 aromatic carbocycles.